The molecule has 47 heavy (non-hydrogen) atoms. The van der Waals surface area contributed by atoms with Gasteiger partial charge in [-0.2, -0.15) is 0 Å². The van der Waals surface area contributed by atoms with Crippen LogP contribution < -0.4 is 28.7 Å². The van der Waals surface area contributed by atoms with E-state index < -0.39 is 18.0 Å². The third kappa shape index (κ3) is 25.9. The highest BCUT2D eigenvalue weighted by Crippen LogP contribution is 2.19. The highest BCUT2D eigenvalue weighted by atomic mass is 16.2. The summed E-state index contributed by atoms with van der Waals surface area (Å²) in [5, 5.41) is 0. The predicted molar refractivity (Wildman–Crippen MR) is 202 cm³/mol. The molecule has 0 rings (SSSR count). The van der Waals surface area contributed by atoms with Crippen LogP contribution in [0, 0.1) is 5.92 Å². The highest BCUT2D eigenvalue weighted by molar-refractivity contribution is 5.93. The van der Waals surface area contributed by atoms with Crippen molar-refractivity contribution >= 4 is 17.6 Å². The van der Waals surface area contributed by atoms with E-state index in [2.05, 4.69) is 18.8 Å². The summed E-state index contributed by atoms with van der Waals surface area (Å²) in [5.74, 6) is -0.893. The standard InChI is InChI=1S/C38H79N7O2/c1-3-5-7-9-11-13-15-16-18-20-22-24-32-45(31-23-21-19-17-14-12-10-8-6-4-2)37(47)35(41)33(27-25-29-39)36(46)34(40)28-26-30-44-38(42)43/h33-35H,3-32,39-41H2,1-2H3,(H4,42,43,44)/t33?,34-,35-/m0/s1. The van der Waals surface area contributed by atoms with Crippen molar-refractivity contribution in [1.29, 1.82) is 0 Å². The molecule has 0 aliphatic rings. The number of hydrogen-bond acceptors (Lipinski definition) is 6. The number of nitrogens with zero attached hydrogens (tertiary/aromatic N) is 2. The van der Waals surface area contributed by atoms with Gasteiger partial charge in [-0.15, -0.1) is 0 Å². The van der Waals surface area contributed by atoms with Crippen molar-refractivity contribution in [2.75, 3.05) is 26.2 Å². The fraction of sp³-hybridized carbons (Fsp3) is 0.921. The summed E-state index contributed by atoms with van der Waals surface area (Å²) < 4.78 is 0. The Kier molecular flexibility index (Phi) is 31.6. The van der Waals surface area contributed by atoms with E-state index in [4.69, 9.17) is 28.7 Å². The molecular formula is C38H79N7O2. The molecule has 1 amide bonds. The van der Waals surface area contributed by atoms with Gasteiger partial charge in [0, 0.05) is 25.6 Å². The van der Waals surface area contributed by atoms with Crippen LogP contribution in [0.4, 0.5) is 0 Å². The molecule has 0 aliphatic carbocycles. The number of nitrogens with two attached hydrogens (primary N) is 5. The van der Waals surface area contributed by atoms with E-state index in [-0.39, 0.29) is 17.6 Å². The van der Waals surface area contributed by atoms with Gasteiger partial charge in [0.15, 0.2) is 11.7 Å². The number of guanidine groups is 1. The number of unbranched alkanes of at least 4 members (excludes halogenated alkanes) is 20. The van der Waals surface area contributed by atoms with Crippen LogP contribution in [0.1, 0.15) is 181 Å². The summed E-state index contributed by atoms with van der Waals surface area (Å²) in [6.07, 6.45) is 29.9. The van der Waals surface area contributed by atoms with E-state index in [1.807, 2.05) is 4.90 Å². The van der Waals surface area contributed by atoms with Crippen LogP contribution in [0.2, 0.25) is 0 Å². The van der Waals surface area contributed by atoms with E-state index >= 15 is 0 Å². The molecule has 0 bridgehead atoms. The fourth-order valence-electron chi connectivity index (χ4n) is 6.42. The first-order valence-electron chi connectivity index (χ1n) is 19.9. The largest absolute Gasteiger partial charge is 0.370 e. The third-order valence-electron chi connectivity index (χ3n) is 9.51. The van der Waals surface area contributed by atoms with Gasteiger partial charge in [0.05, 0.1) is 12.1 Å². The number of aliphatic imine (C=N–C) groups is 1. The first-order chi connectivity index (χ1) is 22.8. The van der Waals surface area contributed by atoms with Crippen molar-refractivity contribution in [2.24, 2.45) is 39.6 Å². The monoisotopic (exact) mass is 666 g/mol. The Bertz CT molecular complexity index is 760. The Morgan fingerprint density at radius 3 is 1.36 bits per heavy atom. The first-order valence-corrected chi connectivity index (χ1v) is 19.9. The molecule has 10 N–H and O–H groups in total. The molecule has 1 unspecified atom stereocenters. The predicted octanol–water partition coefficient (Wildman–Crippen LogP) is 7.07. The van der Waals surface area contributed by atoms with Crippen molar-refractivity contribution in [3.63, 3.8) is 0 Å². The Labute approximate surface area is 290 Å². The minimum Gasteiger partial charge on any atom is -0.370 e. The van der Waals surface area contributed by atoms with Crippen molar-refractivity contribution in [3.8, 4) is 0 Å². The second kappa shape index (κ2) is 32.8. The lowest BCUT2D eigenvalue weighted by molar-refractivity contribution is -0.138. The van der Waals surface area contributed by atoms with E-state index in [1.165, 1.54) is 116 Å². The Morgan fingerprint density at radius 2 is 0.979 bits per heavy atom. The van der Waals surface area contributed by atoms with Gasteiger partial charge in [0.25, 0.3) is 0 Å². The number of amides is 1. The topological polar surface area (TPSA) is 180 Å². The van der Waals surface area contributed by atoms with Crippen LogP contribution in [0.25, 0.3) is 0 Å². The maximum atomic E-state index is 13.9. The van der Waals surface area contributed by atoms with E-state index in [9.17, 15) is 9.59 Å². The maximum Gasteiger partial charge on any atom is 0.240 e. The molecule has 0 aromatic carbocycles. The van der Waals surface area contributed by atoms with Gasteiger partial charge in [-0.3, -0.25) is 14.6 Å². The molecular weight excluding hydrogens is 586 g/mol. The van der Waals surface area contributed by atoms with Crippen LogP contribution in [0.5, 0.6) is 0 Å². The van der Waals surface area contributed by atoms with Crippen molar-refractivity contribution < 1.29 is 9.59 Å². The SMILES string of the molecule is CCCCCCCCCCCCCCN(CCCCCCCCCCCC)C(=O)[C@@H](N)C(CCCN)C(=O)[C@@H](N)CCCN=C(N)N. The maximum absolute atomic E-state index is 13.9. The van der Waals surface area contributed by atoms with E-state index in [0.717, 1.165) is 25.7 Å². The lowest BCUT2D eigenvalue weighted by Crippen LogP contribution is -2.53. The van der Waals surface area contributed by atoms with Crippen LogP contribution >= 0.6 is 0 Å². The van der Waals surface area contributed by atoms with Gasteiger partial charge < -0.3 is 33.6 Å². The zero-order chi connectivity index (χ0) is 35.0. The summed E-state index contributed by atoms with van der Waals surface area (Å²) in [4.78, 5) is 33.2. The van der Waals surface area contributed by atoms with Crippen molar-refractivity contribution in [3.05, 3.63) is 0 Å². The summed E-state index contributed by atoms with van der Waals surface area (Å²) in [5.41, 5.74) is 29.6. The van der Waals surface area contributed by atoms with Crippen molar-refractivity contribution in [2.45, 2.75) is 193 Å². The van der Waals surface area contributed by atoms with Crippen LogP contribution in [-0.2, 0) is 9.59 Å². The number of carbonyl (C=O) groups is 2. The zero-order valence-corrected chi connectivity index (χ0v) is 31.0. The van der Waals surface area contributed by atoms with Crippen LogP contribution in [0.15, 0.2) is 4.99 Å². The van der Waals surface area contributed by atoms with E-state index in [0.29, 0.717) is 51.9 Å². The Hall–Kier alpha value is -1.71. The minimum atomic E-state index is -0.904. The molecule has 0 saturated carbocycles. The molecule has 0 saturated heterocycles. The molecule has 0 spiro atoms. The van der Waals surface area contributed by atoms with Crippen LogP contribution in [-0.4, -0.2) is 60.8 Å². The normalized spacial score (nSPS) is 13.3. The van der Waals surface area contributed by atoms with Crippen molar-refractivity contribution in [1.82, 2.24) is 4.90 Å². The number of ketones is 1. The molecule has 0 aromatic heterocycles. The van der Waals surface area contributed by atoms with Gasteiger partial charge in [-0.1, -0.05) is 142 Å². The Balaban J connectivity index is 5.00. The molecule has 3 atom stereocenters. The molecule has 9 nitrogen and oxygen atoms in total. The molecule has 0 aliphatic heterocycles. The number of Topliss-reactive ketones (excluding diaryl/α,β-unsaturated/α-hetero) is 1. The molecule has 278 valence electrons. The van der Waals surface area contributed by atoms with Crippen LogP contribution in [0.3, 0.4) is 0 Å². The van der Waals surface area contributed by atoms with Gasteiger partial charge in [-0.05, 0) is 45.1 Å². The first kappa shape index (κ1) is 45.3. The molecule has 0 aromatic rings. The number of carbonyl (C=O) groups excluding carboxylic acids is 2. The Morgan fingerprint density at radius 1 is 0.574 bits per heavy atom. The second-order valence-electron chi connectivity index (χ2n) is 13.9. The smallest absolute Gasteiger partial charge is 0.240 e. The number of hydrogen-bond donors (Lipinski definition) is 5. The highest BCUT2D eigenvalue weighted by Gasteiger charge is 2.35. The van der Waals surface area contributed by atoms with Gasteiger partial charge >= 0.3 is 0 Å². The third-order valence-corrected chi connectivity index (χ3v) is 9.51. The molecule has 0 radical (unpaired) electrons. The van der Waals surface area contributed by atoms with Gasteiger partial charge in [-0.25, -0.2) is 0 Å². The second-order valence-corrected chi connectivity index (χ2v) is 13.9. The average Bonchev–Trinajstić information content (AvgIpc) is 3.06. The quantitative estimate of drug-likeness (QED) is 0.0273. The summed E-state index contributed by atoms with van der Waals surface area (Å²) in [7, 11) is 0. The van der Waals surface area contributed by atoms with E-state index in [1.54, 1.807) is 0 Å². The molecule has 0 fully saturated rings. The summed E-state index contributed by atoms with van der Waals surface area (Å²) in [6.45, 7) is 6.76. The lowest BCUT2D eigenvalue weighted by atomic mass is 9.85. The zero-order valence-electron chi connectivity index (χ0n) is 31.0. The van der Waals surface area contributed by atoms with Gasteiger partial charge in [0.2, 0.25) is 5.91 Å². The fourth-order valence-corrected chi connectivity index (χ4v) is 6.42. The molecule has 9 heteroatoms. The lowest BCUT2D eigenvalue weighted by Gasteiger charge is -2.30. The summed E-state index contributed by atoms with van der Waals surface area (Å²) >= 11 is 0. The minimum absolute atomic E-state index is 0.0222. The molecule has 0 heterocycles. The summed E-state index contributed by atoms with van der Waals surface area (Å²) in [6, 6.07) is -1.61. The number of rotatable bonds is 35. The van der Waals surface area contributed by atoms with Gasteiger partial charge in [0.1, 0.15) is 0 Å². The average molecular weight is 666 g/mol.